The maximum atomic E-state index is 12.3. The van der Waals surface area contributed by atoms with Crippen LogP contribution in [-0.2, 0) is 9.47 Å². The van der Waals surface area contributed by atoms with Crippen molar-refractivity contribution in [1.82, 2.24) is 9.55 Å². The molecule has 7 heteroatoms. The Morgan fingerprint density at radius 1 is 1.62 bits per heavy atom. The van der Waals surface area contributed by atoms with Gasteiger partial charge >= 0.3 is 5.69 Å². The molecule has 1 unspecified atom stereocenters. The van der Waals surface area contributed by atoms with Crippen LogP contribution in [0.2, 0.25) is 0 Å². The Bertz CT molecular complexity index is 520. The highest BCUT2D eigenvalue weighted by molar-refractivity contribution is 8.00. The Labute approximate surface area is 129 Å². The molecule has 6 nitrogen and oxygen atoms in total. The second-order valence-corrected chi connectivity index (χ2v) is 6.51. The van der Waals surface area contributed by atoms with Gasteiger partial charge in [-0.25, -0.2) is 4.79 Å². The van der Waals surface area contributed by atoms with Crippen molar-refractivity contribution in [3.8, 4) is 0 Å². The lowest BCUT2D eigenvalue weighted by Gasteiger charge is -2.26. The van der Waals surface area contributed by atoms with Crippen LogP contribution in [0.1, 0.15) is 26.1 Å². The number of ether oxygens (including phenoxy) is 2. The molecule has 0 saturated carbocycles. The van der Waals surface area contributed by atoms with Gasteiger partial charge in [0, 0.05) is 25.9 Å². The fourth-order valence-corrected chi connectivity index (χ4v) is 3.56. The fourth-order valence-electron chi connectivity index (χ4n) is 2.39. The van der Waals surface area contributed by atoms with E-state index in [2.05, 4.69) is 30.7 Å². The van der Waals surface area contributed by atoms with Crippen molar-refractivity contribution in [1.29, 1.82) is 0 Å². The second kappa shape index (κ2) is 7.29. The molecule has 0 aromatic carbocycles. The number of thioether (sulfide) groups is 1. The third-order valence-corrected chi connectivity index (χ3v) is 4.67. The number of hydrogen-bond acceptors (Lipinski definition) is 6. The van der Waals surface area contributed by atoms with Gasteiger partial charge in [-0.2, -0.15) is 4.98 Å². The summed E-state index contributed by atoms with van der Waals surface area (Å²) in [6.45, 7) is 8.09. The molecule has 2 atom stereocenters. The Kier molecular flexibility index (Phi) is 5.66. The van der Waals surface area contributed by atoms with Crippen LogP contribution in [0, 0.1) is 0 Å². The van der Waals surface area contributed by atoms with Crippen LogP contribution in [0.5, 0.6) is 0 Å². The summed E-state index contributed by atoms with van der Waals surface area (Å²) < 4.78 is 12.3. The largest absolute Gasteiger partial charge is 0.381 e. The monoisotopic (exact) mass is 313 g/mol. The first-order chi connectivity index (χ1) is 10.1. The average Bonchev–Trinajstić information content (AvgIpc) is 2.88. The Hall–Kier alpha value is -1.05. The van der Waals surface area contributed by atoms with Crippen molar-refractivity contribution in [2.24, 2.45) is 0 Å². The highest BCUT2D eigenvalue weighted by atomic mass is 32.2. The molecule has 21 heavy (non-hydrogen) atoms. The van der Waals surface area contributed by atoms with Crippen molar-refractivity contribution < 1.29 is 9.47 Å². The summed E-state index contributed by atoms with van der Waals surface area (Å²) in [5.41, 5.74) is -0.250. The number of aromatic nitrogens is 2. The van der Waals surface area contributed by atoms with Crippen molar-refractivity contribution >= 4 is 17.6 Å². The molecule has 1 fully saturated rings. The van der Waals surface area contributed by atoms with Gasteiger partial charge in [0.25, 0.3) is 0 Å². The summed E-state index contributed by atoms with van der Waals surface area (Å²) >= 11 is 1.59. The van der Waals surface area contributed by atoms with Gasteiger partial charge in [-0.1, -0.05) is 0 Å². The van der Waals surface area contributed by atoms with Gasteiger partial charge in [-0.3, -0.25) is 4.57 Å². The fraction of sp³-hybridized carbons (Fsp3) is 0.714. The number of rotatable bonds is 6. The van der Waals surface area contributed by atoms with E-state index in [9.17, 15) is 4.79 Å². The second-order valence-electron chi connectivity index (χ2n) is 5.16. The minimum Gasteiger partial charge on any atom is -0.381 e. The minimum atomic E-state index is -0.231. The summed E-state index contributed by atoms with van der Waals surface area (Å²) in [4.78, 5) is 18.6. The Morgan fingerprint density at radius 3 is 2.95 bits per heavy atom. The zero-order chi connectivity index (χ0) is 15.4. The lowest BCUT2D eigenvalue weighted by molar-refractivity contribution is 0.0595. The Balaban J connectivity index is 2.15. The molecular weight excluding hydrogens is 290 g/mol. The SMILES string of the molecule is CCN(c1ccn(C2CO[C@H](COC)S2)c(=O)n1)C(C)C. The van der Waals surface area contributed by atoms with Crippen molar-refractivity contribution in [2.75, 3.05) is 31.8 Å². The van der Waals surface area contributed by atoms with Gasteiger partial charge in [0.1, 0.15) is 16.6 Å². The van der Waals surface area contributed by atoms with Crippen molar-refractivity contribution in [2.45, 2.75) is 37.6 Å². The van der Waals surface area contributed by atoms with Crippen molar-refractivity contribution in [3.63, 3.8) is 0 Å². The summed E-state index contributed by atoms with van der Waals surface area (Å²) in [7, 11) is 1.64. The molecule has 2 rings (SSSR count). The standard InChI is InChI=1S/C14H23N3O3S/c1-5-16(10(2)3)11-6-7-17(14(18)15-11)12-8-20-13(21-12)9-19-4/h6-7,10,12-13H,5,8-9H2,1-4H3/t12?,13-/m0/s1. The lowest BCUT2D eigenvalue weighted by Crippen LogP contribution is -2.34. The quantitative estimate of drug-likeness (QED) is 0.797. The van der Waals surface area contributed by atoms with E-state index >= 15 is 0 Å². The number of nitrogens with zero attached hydrogens (tertiary/aromatic N) is 3. The number of anilines is 1. The summed E-state index contributed by atoms with van der Waals surface area (Å²) in [6, 6.07) is 2.21. The third kappa shape index (κ3) is 3.78. The van der Waals surface area contributed by atoms with E-state index in [4.69, 9.17) is 9.47 Å². The van der Waals surface area contributed by atoms with Gasteiger partial charge in [-0.15, -0.1) is 11.8 Å². The summed E-state index contributed by atoms with van der Waals surface area (Å²) in [6.07, 6.45) is 1.81. The molecule has 0 aliphatic carbocycles. The smallest absolute Gasteiger partial charge is 0.350 e. The molecule has 0 N–H and O–H groups in total. The van der Waals surface area contributed by atoms with Gasteiger partial charge in [0.15, 0.2) is 0 Å². The van der Waals surface area contributed by atoms with Crippen LogP contribution in [-0.4, -0.2) is 47.9 Å². The molecule has 1 saturated heterocycles. The normalized spacial score (nSPS) is 22.0. The van der Waals surface area contributed by atoms with Crippen molar-refractivity contribution in [3.05, 3.63) is 22.7 Å². The number of hydrogen-bond donors (Lipinski definition) is 0. The molecular formula is C14H23N3O3S. The molecule has 118 valence electrons. The zero-order valence-electron chi connectivity index (χ0n) is 13.0. The minimum absolute atomic E-state index is 0.0191. The first-order valence-electron chi connectivity index (χ1n) is 7.18. The van der Waals surface area contributed by atoms with E-state index in [0.29, 0.717) is 19.3 Å². The predicted octanol–water partition coefficient (Wildman–Crippen LogP) is 1.71. The molecule has 1 aromatic rings. The van der Waals surface area contributed by atoms with E-state index < -0.39 is 0 Å². The van der Waals surface area contributed by atoms with Gasteiger partial charge in [-0.05, 0) is 26.8 Å². The average molecular weight is 313 g/mol. The lowest BCUT2D eigenvalue weighted by atomic mass is 10.3. The maximum Gasteiger partial charge on any atom is 0.350 e. The van der Waals surface area contributed by atoms with Crippen LogP contribution in [0.25, 0.3) is 0 Å². The maximum absolute atomic E-state index is 12.3. The topological polar surface area (TPSA) is 56.6 Å². The van der Waals surface area contributed by atoms with E-state index in [1.54, 1.807) is 23.4 Å². The first-order valence-corrected chi connectivity index (χ1v) is 8.13. The zero-order valence-corrected chi connectivity index (χ0v) is 13.8. The molecule has 0 bridgehead atoms. The van der Waals surface area contributed by atoms with E-state index in [0.717, 1.165) is 12.4 Å². The molecule has 0 amide bonds. The predicted molar refractivity (Wildman–Crippen MR) is 84.9 cm³/mol. The molecule has 1 aromatic heterocycles. The summed E-state index contributed by atoms with van der Waals surface area (Å²) in [5, 5.41) is -0.0340. The van der Waals surface area contributed by atoms with E-state index in [-0.39, 0.29) is 16.5 Å². The van der Waals surface area contributed by atoms with Crippen LogP contribution < -0.4 is 10.6 Å². The molecule has 2 heterocycles. The highest BCUT2D eigenvalue weighted by Gasteiger charge is 2.28. The molecule has 1 aliphatic heterocycles. The van der Waals surface area contributed by atoms with Gasteiger partial charge < -0.3 is 14.4 Å². The molecule has 0 radical (unpaired) electrons. The summed E-state index contributed by atoms with van der Waals surface area (Å²) in [5.74, 6) is 0.728. The van der Waals surface area contributed by atoms with Crippen LogP contribution >= 0.6 is 11.8 Å². The van der Waals surface area contributed by atoms with E-state index in [1.165, 1.54) is 0 Å². The van der Waals surface area contributed by atoms with Crippen LogP contribution in [0.15, 0.2) is 17.1 Å². The molecule has 0 spiro atoms. The molecule has 1 aliphatic rings. The highest BCUT2D eigenvalue weighted by Crippen LogP contribution is 2.34. The number of methoxy groups -OCH3 is 1. The van der Waals surface area contributed by atoms with E-state index in [1.807, 2.05) is 12.3 Å². The van der Waals surface area contributed by atoms with Crippen LogP contribution in [0.3, 0.4) is 0 Å². The third-order valence-electron chi connectivity index (χ3n) is 3.42. The van der Waals surface area contributed by atoms with Gasteiger partial charge in [0.05, 0.1) is 13.2 Å². The Morgan fingerprint density at radius 2 is 2.38 bits per heavy atom. The van der Waals surface area contributed by atoms with Crippen LogP contribution in [0.4, 0.5) is 5.82 Å². The van der Waals surface area contributed by atoms with Gasteiger partial charge in [0.2, 0.25) is 0 Å². The first kappa shape index (κ1) is 16.3.